The van der Waals surface area contributed by atoms with Crippen molar-refractivity contribution in [3.63, 3.8) is 0 Å². The number of carbonyl (C=O) groups excluding carboxylic acids is 1. The maximum atomic E-state index is 12.0. The molecule has 25 heavy (non-hydrogen) atoms. The van der Waals surface area contributed by atoms with Crippen LogP contribution in [0.4, 0.5) is 0 Å². The van der Waals surface area contributed by atoms with Crippen LogP contribution in [0.25, 0.3) is 0 Å². The molecule has 1 atom stereocenters. The Morgan fingerprint density at radius 1 is 1.20 bits per heavy atom. The predicted molar refractivity (Wildman–Crippen MR) is 106 cm³/mol. The van der Waals surface area contributed by atoms with E-state index in [1.165, 1.54) is 25.8 Å². The summed E-state index contributed by atoms with van der Waals surface area (Å²) in [5, 5.41) is 6.54. The lowest BCUT2D eigenvalue weighted by Gasteiger charge is -2.33. The Balaban J connectivity index is 2.29. The van der Waals surface area contributed by atoms with Crippen LogP contribution >= 0.6 is 0 Å². The zero-order valence-electron chi connectivity index (χ0n) is 16.8. The highest BCUT2D eigenvalue weighted by atomic mass is 16.2. The van der Waals surface area contributed by atoms with Crippen LogP contribution in [0.3, 0.4) is 0 Å². The third-order valence-electron chi connectivity index (χ3n) is 4.91. The molecule has 0 aromatic heterocycles. The van der Waals surface area contributed by atoms with Gasteiger partial charge < -0.3 is 20.4 Å². The molecule has 1 unspecified atom stereocenters. The van der Waals surface area contributed by atoms with Gasteiger partial charge in [0.05, 0.1) is 0 Å². The standard InChI is InChI=1S/C19H39N5O/c1-5-20-19(22-14-12-18(25)23(6-2)7-3)21-13-10-16-24-15-9-8-11-17(24)4/h17H,5-16H2,1-4H3,(H2,20,21,22). The Morgan fingerprint density at radius 3 is 2.60 bits per heavy atom. The van der Waals surface area contributed by atoms with Crippen molar-refractivity contribution < 1.29 is 4.79 Å². The van der Waals surface area contributed by atoms with Crippen LogP contribution < -0.4 is 10.6 Å². The molecule has 0 bridgehead atoms. The highest BCUT2D eigenvalue weighted by molar-refractivity contribution is 5.81. The smallest absolute Gasteiger partial charge is 0.224 e. The van der Waals surface area contributed by atoms with E-state index in [0.717, 1.165) is 51.1 Å². The molecule has 1 aliphatic heterocycles. The number of aliphatic imine (C=N–C) groups is 1. The average molecular weight is 354 g/mol. The normalized spacial score (nSPS) is 18.9. The van der Waals surface area contributed by atoms with Crippen molar-refractivity contribution in [1.29, 1.82) is 0 Å². The van der Waals surface area contributed by atoms with Crippen molar-refractivity contribution in [3.05, 3.63) is 0 Å². The van der Waals surface area contributed by atoms with Crippen LogP contribution in [0.5, 0.6) is 0 Å². The molecule has 6 nitrogen and oxygen atoms in total. The summed E-state index contributed by atoms with van der Waals surface area (Å²) in [5.74, 6) is 1.02. The Labute approximate surface area is 154 Å². The van der Waals surface area contributed by atoms with E-state index in [1.807, 2.05) is 18.7 Å². The van der Waals surface area contributed by atoms with Crippen molar-refractivity contribution in [3.8, 4) is 0 Å². The van der Waals surface area contributed by atoms with Gasteiger partial charge in [-0.3, -0.25) is 9.79 Å². The van der Waals surface area contributed by atoms with E-state index in [4.69, 9.17) is 0 Å². The molecular weight excluding hydrogens is 314 g/mol. The number of carbonyl (C=O) groups is 1. The van der Waals surface area contributed by atoms with Crippen molar-refractivity contribution >= 4 is 11.9 Å². The Hall–Kier alpha value is -1.30. The fourth-order valence-corrected chi connectivity index (χ4v) is 3.32. The molecule has 1 aliphatic rings. The second-order valence-corrected chi connectivity index (χ2v) is 6.74. The van der Waals surface area contributed by atoms with Crippen LogP contribution in [0.1, 0.15) is 59.8 Å². The minimum absolute atomic E-state index is 0.201. The number of nitrogens with one attached hydrogen (secondary N) is 2. The van der Waals surface area contributed by atoms with Crippen LogP contribution in [-0.2, 0) is 4.79 Å². The Kier molecular flexibility index (Phi) is 11.3. The zero-order valence-corrected chi connectivity index (χ0v) is 16.8. The van der Waals surface area contributed by atoms with E-state index in [2.05, 4.69) is 34.4 Å². The molecule has 0 aromatic carbocycles. The number of amides is 1. The quantitative estimate of drug-likeness (QED) is 0.359. The number of piperidine rings is 1. The van der Waals surface area contributed by atoms with E-state index >= 15 is 0 Å². The van der Waals surface area contributed by atoms with Gasteiger partial charge >= 0.3 is 0 Å². The molecule has 146 valence electrons. The van der Waals surface area contributed by atoms with Crippen LogP contribution in [-0.4, -0.2) is 73.5 Å². The first-order valence-electron chi connectivity index (χ1n) is 10.2. The lowest BCUT2D eigenvalue weighted by Crippen LogP contribution is -2.40. The molecular formula is C19H39N5O. The van der Waals surface area contributed by atoms with Gasteiger partial charge in [0.1, 0.15) is 0 Å². The van der Waals surface area contributed by atoms with Gasteiger partial charge in [-0.25, -0.2) is 0 Å². The largest absolute Gasteiger partial charge is 0.357 e. The number of hydrogen-bond donors (Lipinski definition) is 2. The van der Waals surface area contributed by atoms with E-state index in [1.54, 1.807) is 0 Å². The van der Waals surface area contributed by atoms with E-state index in [9.17, 15) is 4.79 Å². The molecule has 1 heterocycles. The number of guanidine groups is 1. The molecule has 1 rings (SSSR count). The van der Waals surface area contributed by atoms with Gasteiger partial charge in [0.15, 0.2) is 5.96 Å². The maximum absolute atomic E-state index is 12.0. The molecule has 1 fully saturated rings. The Bertz CT molecular complexity index is 395. The predicted octanol–water partition coefficient (Wildman–Crippen LogP) is 2.06. The van der Waals surface area contributed by atoms with Crippen LogP contribution in [0, 0.1) is 0 Å². The first-order chi connectivity index (χ1) is 12.1. The summed E-state index contributed by atoms with van der Waals surface area (Å²) in [6.45, 7) is 14.6. The van der Waals surface area contributed by atoms with Crippen molar-refractivity contribution in [2.45, 2.75) is 65.8 Å². The topological polar surface area (TPSA) is 60.0 Å². The lowest BCUT2D eigenvalue weighted by atomic mass is 10.0. The average Bonchev–Trinajstić information content (AvgIpc) is 2.61. The second-order valence-electron chi connectivity index (χ2n) is 6.74. The monoisotopic (exact) mass is 353 g/mol. The molecule has 6 heteroatoms. The number of likely N-dealkylation sites (tertiary alicyclic amines) is 1. The molecule has 1 saturated heterocycles. The lowest BCUT2D eigenvalue weighted by molar-refractivity contribution is -0.130. The highest BCUT2D eigenvalue weighted by Gasteiger charge is 2.17. The first-order valence-corrected chi connectivity index (χ1v) is 10.2. The molecule has 0 aliphatic carbocycles. The summed E-state index contributed by atoms with van der Waals surface area (Å²) >= 11 is 0. The summed E-state index contributed by atoms with van der Waals surface area (Å²) in [6.07, 6.45) is 5.62. The first kappa shape index (κ1) is 21.7. The van der Waals surface area contributed by atoms with Crippen LogP contribution in [0.15, 0.2) is 4.99 Å². The van der Waals surface area contributed by atoms with Gasteiger partial charge in [-0.05, 0) is 53.5 Å². The maximum Gasteiger partial charge on any atom is 0.224 e. The van der Waals surface area contributed by atoms with Crippen molar-refractivity contribution in [2.24, 2.45) is 4.99 Å². The minimum Gasteiger partial charge on any atom is -0.357 e. The molecule has 0 radical (unpaired) electrons. The van der Waals surface area contributed by atoms with Crippen molar-refractivity contribution in [2.75, 3.05) is 45.8 Å². The molecule has 2 N–H and O–H groups in total. The molecule has 0 saturated carbocycles. The minimum atomic E-state index is 0.201. The zero-order chi connectivity index (χ0) is 18.5. The fraction of sp³-hybridized carbons (Fsp3) is 0.895. The summed E-state index contributed by atoms with van der Waals surface area (Å²) in [5.41, 5.74) is 0. The van der Waals surface area contributed by atoms with Gasteiger partial charge in [-0.15, -0.1) is 0 Å². The van der Waals surface area contributed by atoms with Gasteiger partial charge in [-0.2, -0.15) is 0 Å². The van der Waals surface area contributed by atoms with E-state index < -0.39 is 0 Å². The molecule has 1 amide bonds. The van der Waals surface area contributed by atoms with Crippen LogP contribution in [0.2, 0.25) is 0 Å². The van der Waals surface area contributed by atoms with Gasteiger partial charge in [0.25, 0.3) is 0 Å². The van der Waals surface area contributed by atoms with Gasteiger partial charge in [0, 0.05) is 51.7 Å². The SMILES string of the molecule is CCNC(=NCCCN1CCCCC1C)NCCC(=O)N(CC)CC. The van der Waals surface area contributed by atoms with Crippen molar-refractivity contribution in [1.82, 2.24) is 20.4 Å². The fourth-order valence-electron chi connectivity index (χ4n) is 3.32. The number of nitrogens with zero attached hydrogens (tertiary/aromatic N) is 3. The third-order valence-corrected chi connectivity index (χ3v) is 4.91. The van der Waals surface area contributed by atoms with E-state index in [0.29, 0.717) is 13.0 Å². The van der Waals surface area contributed by atoms with Gasteiger partial charge in [0.2, 0.25) is 5.91 Å². The van der Waals surface area contributed by atoms with Gasteiger partial charge in [-0.1, -0.05) is 6.42 Å². The van der Waals surface area contributed by atoms with E-state index in [-0.39, 0.29) is 5.91 Å². The summed E-state index contributed by atoms with van der Waals surface area (Å²) < 4.78 is 0. The summed E-state index contributed by atoms with van der Waals surface area (Å²) in [6, 6.07) is 0.718. The summed E-state index contributed by atoms with van der Waals surface area (Å²) in [7, 11) is 0. The number of rotatable bonds is 10. The third kappa shape index (κ3) is 8.56. The number of hydrogen-bond acceptors (Lipinski definition) is 3. The highest BCUT2D eigenvalue weighted by Crippen LogP contribution is 2.16. The molecule has 0 aromatic rings. The molecule has 0 spiro atoms. The summed E-state index contributed by atoms with van der Waals surface area (Å²) in [4.78, 5) is 21.1. The second kappa shape index (κ2) is 13.0. The Morgan fingerprint density at radius 2 is 1.96 bits per heavy atom.